The fraction of sp³-hybridized carbons (Fsp3) is 0.147. The van der Waals surface area contributed by atoms with Crippen LogP contribution >= 0.6 is 23.4 Å². The minimum atomic E-state index is -0.481. The predicted molar refractivity (Wildman–Crippen MR) is 178 cm³/mol. The molecule has 7 nitrogen and oxygen atoms in total. The van der Waals surface area contributed by atoms with Crippen LogP contribution in [0.15, 0.2) is 108 Å². The van der Waals surface area contributed by atoms with Gasteiger partial charge in [-0.2, -0.15) is 0 Å². The highest BCUT2D eigenvalue weighted by atomic mass is 35.5. The van der Waals surface area contributed by atoms with Crippen molar-refractivity contribution >= 4 is 64.2 Å². The third-order valence-electron chi connectivity index (χ3n) is 6.55. The number of anilines is 3. The van der Waals surface area contributed by atoms with E-state index in [1.54, 1.807) is 60.7 Å². The maximum atomic E-state index is 13.5. The van der Waals surface area contributed by atoms with Crippen molar-refractivity contribution in [2.75, 3.05) is 29.6 Å². The molecule has 0 aromatic heterocycles. The van der Waals surface area contributed by atoms with Gasteiger partial charge in [-0.1, -0.05) is 54.1 Å². The van der Waals surface area contributed by atoms with E-state index >= 15 is 0 Å². The van der Waals surface area contributed by atoms with Gasteiger partial charge in [0.15, 0.2) is 0 Å². The van der Waals surface area contributed by atoms with E-state index in [1.165, 1.54) is 11.8 Å². The summed E-state index contributed by atoms with van der Waals surface area (Å²) in [6, 6.07) is 28.9. The van der Waals surface area contributed by atoms with Crippen LogP contribution in [0.3, 0.4) is 0 Å². The first-order valence-corrected chi connectivity index (χ1v) is 14.9. The van der Waals surface area contributed by atoms with Gasteiger partial charge in [-0.15, -0.1) is 11.8 Å². The smallest absolute Gasteiger partial charge is 0.272 e. The number of hydrogen-bond acceptors (Lipinski definition) is 5. The summed E-state index contributed by atoms with van der Waals surface area (Å²) >= 11 is 7.55. The van der Waals surface area contributed by atoms with Gasteiger partial charge in [-0.25, -0.2) is 0 Å². The maximum Gasteiger partial charge on any atom is 0.272 e. The molecule has 0 bridgehead atoms. The van der Waals surface area contributed by atoms with Gasteiger partial charge in [-0.3, -0.25) is 14.4 Å². The first-order valence-electron chi connectivity index (χ1n) is 13.6. The summed E-state index contributed by atoms with van der Waals surface area (Å²) < 4.78 is 0. The highest BCUT2D eigenvalue weighted by Crippen LogP contribution is 2.28. The Kier molecular flexibility index (Phi) is 10.6. The molecule has 4 aromatic rings. The van der Waals surface area contributed by atoms with Gasteiger partial charge in [0.05, 0.1) is 5.25 Å². The SMILES string of the molecule is Cc1c(Cl)cccc1NC(=O)C(C)Sc1cccc(NC(=O)/C(=C\c2ccc(N(C)C)cc2)NC(=O)c2ccccc2)c1. The molecule has 4 aromatic carbocycles. The molecule has 0 heterocycles. The van der Waals surface area contributed by atoms with E-state index in [4.69, 9.17) is 11.6 Å². The Morgan fingerprint density at radius 2 is 1.56 bits per heavy atom. The molecule has 9 heteroatoms. The van der Waals surface area contributed by atoms with Gasteiger partial charge in [0.25, 0.3) is 11.8 Å². The third kappa shape index (κ3) is 8.73. The second-order valence-corrected chi connectivity index (χ2v) is 11.8. The van der Waals surface area contributed by atoms with Crippen molar-refractivity contribution in [1.82, 2.24) is 5.32 Å². The quantitative estimate of drug-likeness (QED) is 0.130. The molecule has 220 valence electrons. The highest BCUT2D eigenvalue weighted by Gasteiger charge is 2.18. The van der Waals surface area contributed by atoms with Crippen molar-refractivity contribution < 1.29 is 14.4 Å². The zero-order chi connectivity index (χ0) is 30.9. The number of benzene rings is 4. The molecule has 0 saturated heterocycles. The Morgan fingerprint density at radius 1 is 0.860 bits per heavy atom. The lowest BCUT2D eigenvalue weighted by molar-refractivity contribution is -0.115. The number of rotatable bonds is 10. The molecule has 0 aliphatic carbocycles. The fourth-order valence-electron chi connectivity index (χ4n) is 4.06. The summed E-state index contributed by atoms with van der Waals surface area (Å²) in [7, 11) is 3.90. The third-order valence-corrected chi connectivity index (χ3v) is 8.05. The van der Waals surface area contributed by atoms with Gasteiger partial charge >= 0.3 is 0 Å². The lowest BCUT2D eigenvalue weighted by Crippen LogP contribution is -2.30. The molecule has 0 radical (unpaired) electrons. The molecule has 43 heavy (non-hydrogen) atoms. The number of amides is 3. The van der Waals surface area contributed by atoms with Gasteiger partial charge in [0.2, 0.25) is 5.91 Å². The Balaban J connectivity index is 1.50. The minimum absolute atomic E-state index is 0.0918. The van der Waals surface area contributed by atoms with Crippen LogP contribution in [-0.2, 0) is 9.59 Å². The first kappa shape index (κ1) is 31.4. The average molecular weight is 613 g/mol. The van der Waals surface area contributed by atoms with E-state index in [1.807, 2.05) is 75.3 Å². The minimum Gasteiger partial charge on any atom is -0.378 e. The molecule has 0 fully saturated rings. The van der Waals surface area contributed by atoms with Crippen LogP contribution in [0.4, 0.5) is 17.1 Å². The summed E-state index contributed by atoms with van der Waals surface area (Å²) in [4.78, 5) is 42.1. The van der Waals surface area contributed by atoms with E-state index in [-0.39, 0.29) is 11.6 Å². The van der Waals surface area contributed by atoms with E-state index in [0.29, 0.717) is 22.0 Å². The molecule has 3 amide bonds. The standard InChI is InChI=1S/C34H33ClN4O3S/c1-22-29(35)14-9-15-30(22)37-32(40)23(2)43-28-13-8-12-26(21-28)36-34(42)31(38-33(41)25-10-6-5-7-11-25)20-24-16-18-27(19-17-24)39(3)4/h5-21,23H,1-4H3,(H,36,42)(H,37,40)(H,38,41)/b31-20+. The number of thioether (sulfide) groups is 1. The van der Waals surface area contributed by atoms with Crippen molar-refractivity contribution in [1.29, 1.82) is 0 Å². The summed E-state index contributed by atoms with van der Waals surface area (Å²) in [6.45, 7) is 3.67. The van der Waals surface area contributed by atoms with Crippen molar-refractivity contribution in [2.24, 2.45) is 0 Å². The van der Waals surface area contributed by atoms with E-state index in [2.05, 4.69) is 16.0 Å². The van der Waals surface area contributed by atoms with Crippen molar-refractivity contribution in [3.8, 4) is 0 Å². The van der Waals surface area contributed by atoms with Crippen LogP contribution in [0.5, 0.6) is 0 Å². The van der Waals surface area contributed by atoms with Crippen molar-refractivity contribution in [3.63, 3.8) is 0 Å². The van der Waals surface area contributed by atoms with Crippen LogP contribution in [0.2, 0.25) is 5.02 Å². The van der Waals surface area contributed by atoms with Gasteiger partial charge in [-0.05, 0) is 85.6 Å². The number of hydrogen-bond donors (Lipinski definition) is 3. The second kappa shape index (κ2) is 14.6. The van der Waals surface area contributed by atoms with Crippen LogP contribution in [0.1, 0.15) is 28.4 Å². The van der Waals surface area contributed by atoms with Gasteiger partial charge < -0.3 is 20.9 Å². The summed E-state index contributed by atoms with van der Waals surface area (Å²) in [5.41, 5.74) is 4.28. The van der Waals surface area contributed by atoms with Gasteiger partial charge in [0, 0.05) is 46.6 Å². The topological polar surface area (TPSA) is 90.5 Å². The predicted octanol–water partition coefficient (Wildman–Crippen LogP) is 7.24. The molecule has 0 saturated carbocycles. The maximum absolute atomic E-state index is 13.5. The molecule has 0 aliphatic heterocycles. The Bertz CT molecular complexity index is 1640. The van der Waals surface area contributed by atoms with Crippen LogP contribution < -0.4 is 20.9 Å². The molecular formula is C34H33ClN4O3S. The zero-order valence-corrected chi connectivity index (χ0v) is 25.9. The van der Waals surface area contributed by atoms with E-state index in [0.717, 1.165) is 21.7 Å². The number of nitrogens with one attached hydrogen (secondary N) is 3. The van der Waals surface area contributed by atoms with Crippen LogP contribution in [0.25, 0.3) is 6.08 Å². The highest BCUT2D eigenvalue weighted by molar-refractivity contribution is 8.00. The fourth-order valence-corrected chi connectivity index (χ4v) is 5.16. The molecule has 0 spiro atoms. The van der Waals surface area contributed by atoms with Gasteiger partial charge in [0.1, 0.15) is 5.70 Å². The zero-order valence-electron chi connectivity index (χ0n) is 24.4. The molecule has 0 aliphatic rings. The Morgan fingerprint density at radius 3 is 2.26 bits per heavy atom. The number of carbonyl (C=O) groups is 3. The molecule has 4 rings (SSSR count). The summed E-state index contributed by atoms with van der Waals surface area (Å²) in [5, 5.41) is 8.75. The average Bonchev–Trinajstić information content (AvgIpc) is 3.00. The van der Waals surface area contributed by atoms with Crippen molar-refractivity contribution in [2.45, 2.75) is 24.0 Å². The Hall–Kier alpha value is -4.53. The number of nitrogens with zero attached hydrogens (tertiary/aromatic N) is 1. The summed E-state index contributed by atoms with van der Waals surface area (Å²) in [6.07, 6.45) is 1.64. The number of carbonyl (C=O) groups excluding carboxylic acids is 3. The van der Waals surface area contributed by atoms with E-state index < -0.39 is 17.1 Å². The second-order valence-electron chi connectivity index (χ2n) is 10.0. The largest absolute Gasteiger partial charge is 0.378 e. The monoisotopic (exact) mass is 612 g/mol. The molecular weight excluding hydrogens is 580 g/mol. The first-order chi connectivity index (χ1) is 20.6. The summed E-state index contributed by atoms with van der Waals surface area (Å²) in [5.74, 6) is -1.05. The Labute approximate surface area is 261 Å². The molecule has 3 N–H and O–H groups in total. The lowest BCUT2D eigenvalue weighted by Gasteiger charge is -2.15. The molecule has 1 atom stereocenters. The molecule has 1 unspecified atom stereocenters. The lowest BCUT2D eigenvalue weighted by atomic mass is 10.1. The van der Waals surface area contributed by atoms with Crippen LogP contribution in [0, 0.1) is 6.92 Å². The van der Waals surface area contributed by atoms with E-state index in [9.17, 15) is 14.4 Å². The van der Waals surface area contributed by atoms with Crippen molar-refractivity contribution in [3.05, 3.63) is 124 Å². The van der Waals surface area contributed by atoms with Crippen LogP contribution in [-0.4, -0.2) is 37.1 Å². The number of halogens is 1. The normalized spacial score (nSPS) is 11.8.